The SMILES string of the molecule is C=CCNC1Cc2ccc(OC)c3c2C2(C)[C@@H]1CCC[C@H]2O3. The second-order valence-electron chi connectivity index (χ2n) is 7.07. The van der Waals surface area contributed by atoms with Gasteiger partial charge in [0, 0.05) is 23.6 Å². The minimum absolute atomic E-state index is 0.120. The van der Waals surface area contributed by atoms with Crippen molar-refractivity contribution in [3.8, 4) is 11.5 Å². The van der Waals surface area contributed by atoms with Crippen LogP contribution in [-0.2, 0) is 11.8 Å². The van der Waals surface area contributed by atoms with Crippen LogP contribution in [-0.4, -0.2) is 25.8 Å². The first-order chi connectivity index (χ1) is 10.7. The van der Waals surface area contributed by atoms with E-state index in [9.17, 15) is 0 Å². The highest BCUT2D eigenvalue weighted by molar-refractivity contribution is 5.60. The van der Waals surface area contributed by atoms with E-state index in [1.165, 1.54) is 24.0 Å². The first-order valence-corrected chi connectivity index (χ1v) is 8.41. The monoisotopic (exact) mass is 299 g/mol. The van der Waals surface area contributed by atoms with E-state index in [4.69, 9.17) is 9.47 Å². The fourth-order valence-electron chi connectivity index (χ4n) is 5.12. The van der Waals surface area contributed by atoms with Gasteiger partial charge in [0.15, 0.2) is 11.5 Å². The van der Waals surface area contributed by atoms with Crippen molar-refractivity contribution in [2.24, 2.45) is 5.92 Å². The van der Waals surface area contributed by atoms with Crippen LogP contribution in [0.2, 0.25) is 0 Å². The van der Waals surface area contributed by atoms with Crippen molar-refractivity contribution in [3.63, 3.8) is 0 Å². The van der Waals surface area contributed by atoms with E-state index in [1.807, 2.05) is 6.08 Å². The van der Waals surface area contributed by atoms with E-state index < -0.39 is 0 Å². The summed E-state index contributed by atoms with van der Waals surface area (Å²) in [5, 5.41) is 3.70. The summed E-state index contributed by atoms with van der Waals surface area (Å²) < 4.78 is 12.0. The lowest BCUT2D eigenvalue weighted by Crippen LogP contribution is -2.56. The topological polar surface area (TPSA) is 30.5 Å². The van der Waals surface area contributed by atoms with Gasteiger partial charge in [0.05, 0.1) is 7.11 Å². The maximum Gasteiger partial charge on any atom is 0.165 e. The molecule has 1 fully saturated rings. The Morgan fingerprint density at radius 2 is 2.32 bits per heavy atom. The molecule has 4 rings (SSSR count). The third-order valence-corrected chi connectivity index (χ3v) is 6.10. The average molecular weight is 299 g/mol. The molecular formula is C19H25NO2. The Hall–Kier alpha value is -1.48. The molecule has 1 N–H and O–H groups in total. The highest BCUT2D eigenvalue weighted by atomic mass is 16.5. The van der Waals surface area contributed by atoms with Crippen molar-refractivity contribution in [1.29, 1.82) is 0 Å². The van der Waals surface area contributed by atoms with Gasteiger partial charge in [0.2, 0.25) is 0 Å². The van der Waals surface area contributed by atoms with Crippen LogP contribution in [0.5, 0.6) is 11.5 Å². The molecule has 0 bridgehead atoms. The lowest BCUT2D eigenvalue weighted by atomic mass is 9.56. The van der Waals surface area contributed by atoms with Crippen molar-refractivity contribution in [2.75, 3.05) is 13.7 Å². The standard InChI is InChI=1S/C19H25NO2/c1-4-10-20-14-11-12-8-9-15(21-3)18-17(12)19(2)13(14)6-5-7-16(19)22-18/h4,8-9,13-14,16,20H,1,5-7,10-11H2,2-3H3/t13-,14?,16-,19?/m1/s1. The summed E-state index contributed by atoms with van der Waals surface area (Å²) in [6, 6.07) is 4.82. The molecule has 1 saturated carbocycles. The van der Waals surface area contributed by atoms with Crippen LogP contribution in [0.1, 0.15) is 37.3 Å². The Morgan fingerprint density at radius 1 is 1.45 bits per heavy atom. The molecule has 0 radical (unpaired) electrons. The van der Waals surface area contributed by atoms with E-state index in [1.54, 1.807) is 7.11 Å². The van der Waals surface area contributed by atoms with Gasteiger partial charge >= 0.3 is 0 Å². The van der Waals surface area contributed by atoms with E-state index in [2.05, 4.69) is 31.0 Å². The van der Waals surface area contributed by atoms with Crippen molar-refractivity contribution in [1.82, 2.24) is 5.32 Å². The minimum atomic E-state index is 0.120. The molecule has 3 nitrogen and oxygen atoms in total. The Balaban J connectivity index is 1.84. The third kappa shape index (κ3) is 1.72. The second-order valence-corrected chi connectivity index (χ2v) is 7.07. The Labute approximate surface area is 132 Å². The lowest BCUT2D eigenvalue weighted by molar-refractivity contribution is 0.0402. The summed E-state index contributed by atoms with van der Waals surface area (Å²) in [5.74, 6) is 2.54. The van der Waals surface area contributed by atoms with E-state index in [0.717, 1.165) is 30.9 Å². The van der Waals surface area contributed by atoms with Gasteiger partial charge in [0.1, 0.15) is 6.10 Å². The molecule has 1 aromatic carbocycles. The molecular weight excluding hydrogens is 274 g/mol. The molecule has 1 aromatic rings. The molecule has 118 valence electrons. The number of hydrogen-bond acceptors (Lipinski definition) is 3. The van der Waals surface area contributed by atoms with E-state index in [0.29, 0.717) is 18.1 Å². The van der Waals surface area contributed by atoms with E-state index >= 15 is 0 Å². The molecule has 0 spiro atoms. The van der Waals surface area contributed by atoms with Crippen LogP contribution in [0, 0.1) is 5.92 Å². The van der Waals surface area contributed by atoms with Crippen molar-refractivity contribution in [2.45, 2.75) is 50.2 Å². The highest BCUT2D eigenvalue weighted by Gasteiger charge is 2.58. The lowest BCUT2D eigenvalue weighted by Gasteiger charge is -2.49. The van der Waals surface area contributed by atoms with Crippen LogP contribution in [0.3, 0.4) is 0 Å². The number of nitrogens with one attached hydrogen (secondary N) is 1. The average Bonchev–Trinajstić information content (AvgIpc) is 2.84. The molecule has 3 heteroatoms. The smallest absolute Gasteiger partial charge is 0.165 e. The number of methoxy groups -OCH3 is 1. The van der Waals surface area contributed by atoms with Gasteiger partial charge in [-0.15, -0.1) is 6.58 Å². The summed E-state index contributed by atoms with van der Waals surface area (Å²) in [6.45, 7) is 7.15. The molecule has 3 aliphatic rings. The molecule has 0 aromatic heterocycles. The normalized spacial score (nSPS) is 34.7. The van der Waals surface area contributed by atoms with Crippen LogP contribution >= 0.6 is 0 Å². The van der Waals surface area contributed by atoms with Crippen molar-refractivity contribution < 1.29 is 9.47 Å². The van der Waals surface area contributed by atoms with Gasteiger partial charge in [-0.25, -0.2) is 0 Å². The summed E-state index contributed by atoms with van der Waals surface area (Å²) in [6.07, 6.45) is 7.02. The maximum atomic E-state index is 6.41. The molecule has 4 atom stereocenters. The summed E-state index contributed by atoms with van der Waals surface area (Å²) in [5.41, 5.74) is 2.98. The minimum Gasteiger partial charge on any atom is -0.493 e. The molecule has 0 amide bonds. The predicted molar refractivity (Wildman–Crippen MR) is 87.8 cm³/mol. The van der Waals surface area contributed by atoms with Gasteiger partial charge in [-0.3, -0.25) is 0 Å². The van der Waals surface area contributed by atoms with Gasteiger partial charge in [0.25, 0.3) is 0 Å². The zero-order valence-electron chi connectivity index (χ0n) is 13.5. The number of benzene rings is 1. The van der Waals surface area contributed by atoms with Crippen molar-refractivity contribution in [3.05, 3.63) is 35.9 Å². The van der Waals surface area contributed by atoms with Crippen LogP contribution in [0.4, 0.5) is 0 Å². The fourth-order valence-corrected chi connectivity index (χ4v) is 5.12. The van der Waals surface area contributed by atoms with Crippen molar-refractivity contribution >= 4 is 0 Å². The quantitative estimate of drug-likeness (QED) is 0.866. The molecule has 1 heterocycles. The van der Waals surface area contributed by atoms with Gasteiger partial charge in [-0.05, 0) is 43.2 Å². The van der Waals surface area contributed by atoms with Gasteiger partial charge in [-0.2, -0.15) is 0 Å². The highest BCUT2D eigenvalue weighted by Crippen LogP contribution is 2.60. The summed E-state index contributed by atoms with van der Waals surface area (Å²) in [4.78, 5) is 0. The number of rotatable bonds is 4. The second kappa shape index (κ2) is 5.02. The maximum absolute atomic E-state index is 6.41. The molecule has 2 unspecified atom stereocenters. The molecule has 1 aliphatic heterocycles. The third-order valence-electron chi connectivity index (χ3n) is 6.10. The van der Waals surface area contributed by atoms with Crippen LogP contribution in [0.15, 0.2) is 24.8 Å². The Bertz CT molecular complexity index is 612. The van der Waals surface area contributed by atoms with E-state index in [-0.39, 0.29) is 5.41 Å². The van der Waals surface area contributed by atoms with Gasteiger partial charge in [-0.1, -0.05) is 19.1 Å². The zero-order valence-corrected chi connectivity index (χ0v) is 13.5. The molecule has 2 aliphatic carbocycles. The largest absolute Gasteiger partial charge is 0.493 e. The number of hydrogen-bond donors (Lipinski definition) is 1. The Kier molecular flexibility index (Phi) is 3.23. The van der Waals surface area contributed by atoms with Gasteiger partial charge < -0.3 is 14.8 Å². The Morgan fingerprint density at radius 3 is 3.09 bits per heavy atom. The van der Waals surface area contributed by atoms with Crippen LogP contribution < -0.4 is 14.8 Å². The number of ether oxygens (including phenoxy) is 2. The predicted octanol–water partition coefficient (Wildman–Crippen LogP) is 3.21. The first-order valence-electron chi connectivity index (χ1n) is 8.41. The summed E-state index contributed by atoms with van der Waals surface area (Å²) in [7, 11) is 1.74. The zero-order chi connectivity index (χ0) is 15.3. The first kappa shape index (κ1) is 14.1. The summed E-state index contributed by atoms with van der Waals surface area (Å²) >= 11 is 0. The molecule has 0 saturated heterocycles. The fraction of sp³-hybridized carbons (Fsp3) is 0.579. The van der Waals surface area contributed by atoms with Crippen LogP contribution in [0.25, 0.3) is 0 Å². The molecule has 22 heavy (non-hydrogen) atoms.